The molecule has 0 aliphatic carbocycles. The average Bonchev–Trinajstić information content (AvgIpc) is 3.44. The van der Waals surface area contributed by atoms with Crippen LogP contribution in [0.3, 0.4) is 0 Å². The predicted octanol–water partition coefficient (Wildman–Crippen LogP) is 3.16. The standard InChI is InChI=1S/C20H16N6O3S/c1-12-18(25-7-3-2-4-16(25)21-12)19-22-23-20-26(19)24-17(30-20)11-29-13-5-6-14-15(10-13)28-9-8-27-14/h2-7,10H,8-9,11H2,1H3. The fraction of sp³-hybridized carbons (Fsp3) is 0.200. The number of hydrogen-bond donors (Lipinski definition) is 0. The Morgan fingerprint density at radius 1 is 1.10 bits per heavy atom. The lowest BCUT2D eigenvalue weighted by Crippen LogP contribution is -2.15. The van der Waals surface area contributed by atoms with Gasteiger partial charge >= 0.3 is 0 Å². The number of aryl methyl sites for hydroxylation is 1. The van der Waals surface area contributed by atoms with Gasteiger partial charge in [-0.15, -0.1) is 10.2 Å². The number of ether oxygens (including phenoxy) is 3. The summed E-state index contributed by atoms with van der Waals surface area (Å²) in [4.78, 5) is 5.31. The van der Waals surface area contributed by atoms with Gasteiger partial charge in [-0.2, -0.15) is 9.61 Å². The lowest BCUT2D eigenvalue weighted by molar-refractivity contribution is 0.170. The lowest BCUT2D eigenvalue weighted by Gasteiger charge is -2.18. The number of pyridine rings is 1. The van der Waals surface area contributed by atoms with Gasteiger partial charge in [0, 0.05) is 12.3 Å². The Morgan fingerprint density at radius 2 is 2.00 bits per heavy atom. The molecular formula is C20H16N6O3S. The molecular weight excluding hydrogens is 404 g/mol. The SMILES string of the molecule is Cc1nc2ccccn2c1-c1nnc2sc(COc3ccc4c(c3)OCCO4)nn12. The highest BCUT2D eigenvalue weighted by molar-refractivity contribution is 7.16. The Labute approximate surface area is 174 Å². The van der Waals surface area contributed by atoms with Gasteiger partial charge in [0.05, 0.1) is 5.69 Å². The summed E-state index contributed by atoms with van der Waals surface area (Å²) in [5.74, 6) is 2.79. The Hall–Kier alpha value is -3.66. The minimum Gasteiger partial charge on any atom is -0.486 e. The molecule has 9 nitrogen and oxygen atoms in total. The van der Waals surface area contributed by atoms with E-state index in [0.29, 0.717) is 42.1 Å². The normalized spacial score (nSPS) is 13.2. The number of hydrogen-bond acceptors (Lipinski definition) is 8. The van der Waals surface area contributed by atoms with Crippen LogP contribution < -0.4 is 14.2 Å². The van der Waals surface area contributed by atoms with E-state index in [2.05, 4.69) is 20.3 Å². The van der Waals surface area contributed by atoms with Crippen molar-refractivity contribution < 1.29 is 14.2 Å². The van der Waals surface area contributed by atoms with E-state index in [1.54, 1.807) is 4.52 Å². The third kappa shape index (κ3) is 2.76. The van der Waals surface area contributed by atoms with E-state index in [-0.39, 0.29) is 0 Å². The Balaban J connectivity index is 1.30. The van der Waals surface area contributed by atoms with Gasteiger partial charge in [0.1, 0.15) is 36.9 Å². The fourth-order valence-electron chi connectivity index (χ4n) is 3.50. The predicted molar refractivity (Wildman–Crippen MR) is 109 cm³/mol. The lowest BCUT2D eigenvalue weighted by atomic mass is 10.3. The molecule has 6 rings (SSSR count). The molecule has 0 saturated heterocycles. The quantitative estimate of drug-likeness (QED) is 0.441. The number of nitrogens with zero attached hydrogens (tertiary/aromatic N) is 6. The zero-order valence-electron chi connectivity index (χ0n) is 16.0. The summed E-state index contributed by atoms with van der Waals surface area (Å²) in [6.07, 6.45) is 1.96. The van der Waals surface area contributed by atoms with Crippen LogP contribution in [0.15, 0.2) is 42.6 Å². The third-order valence-electron chi connectivity index (χ3n) is 4.82. The molecule has 10 heteroatoms. The maximum atomic E-state index is 5.91. The number of fused-ring (bicyclic) bond motifs is 3. The highest BCUT2D eigenvalue weighted by Crippen LogP contribution is 2.34. The van der Waals surface area contributed by atoms with Crippen molar-refractivity contribution >= 4 is 21.9 Å². The number of aromatic nitrogens is 6. The molecule has 0 fully saturated rings. The van der Waals surface area contributed by atoms with Crippen LogP contribution in [-0.4, -0.2) is 42.4 Å². The number of benzene rings is 1. The molecule has 0 atom stereocenters. The van der Waals surface area contributed by atoms with Crippen LogP contribution in [0.2, 0.25) is 0 Å². The molecule has 150 valence electrons. The Morgan fingerprint density at radius 3 is 2.93 bits per heavy atom. The minimum absolute atomic E-state index is 0.319. The fourth-order valence-corrected chi connectivity index (χ4v) is 4.25. The average molecular weight is 420 g/mol. The molecule has 0 amide bonds. The van der Waals surface area contributed by atoms with Crippen LogP contribution in [0.5, 0.6) is 17.2 Å². The molecule has 0 N–H and O–H groups in total. The van der Waals surface area contributed by atoms with Gasteiger partial charge in [0.15, 0.2) is 16.5 Å². The molecule has 0 saturated carbocycles. The van der Waals surface area contributed by atoms with Crippen LogP contribution in [0, 0.1) is 6.92 Å². The van der Waals surface area contributed by atoms with Crippen molar-refractivity contribution in [1.82, 2.24) is 29.2 Å². The zero-order valence-corrected chi connectivity index (χ0v) is 16.8. The molecule has 1 aliphatic heterocycles. The molecule has 5 heterocycles. The van der Waals surface area contributed by atoms with Crippen LogP contribution in [-0.2, 0) is 6.61 Å². The van der Waals surface area contributed by atoms with E-state index in [1.807, 2.05) is 53.9 Å². The molecule has 4 aromatic heterocycles. The largest absolute Gasteiger partial charge is 0.486 e. The van der Waals surface area contributed by atoms with Gasteiger partial charge in [-0.05, 0) is 31.2 Å². The topological polar surface area (TPSA) is 88.1 Å². The Kier molecular flexibility index (Phi) is 3.85. The van der Waals surface area contributed by atoms with Crippen LogP contribution in [0.1, 0.15) is 10.7 Å². The summed E-state index contributed by atoms with van der Waals surface area (Å²) >= 11 is 1.44. The monoisotopic (exact) mass is 420 g/mol. The first-order valence-electron chi connectivity index (χ1n) is 9.44. The second-order valence-electron chi connectivity index (χ2n) is 6.78. The van der Waals surface area contributed by atoms with E-state index in [0.717, 1.165) is 27.8 Å². The van der Waals surface area contributed by atoms with Crippen molar-refractivity contribution in [1.29, 1.82) is 0 Å². The summed E-state index contributed by atoms with van der Waals surface area (Å²) in [7, 11) is 0. The van der Waals surface area contributed by atoms with Gasteiger partial charge in [0.2, 0.25) is 10.8 Å². The summed E-state index contributed by atoms with van der Waals surface area (Å²) < 4.78 is 20.8. The van der Waals surface area contributed by atoms with Gasteiger partial charge in [0.25, 0.3) is 0 Å². The second kappa shape index (κ2) is 6.70. The molecule has 0 spiro atoms. The van der Waals surface area contributed by atoms with E-state index >= 15 is 0 Å². The first-order valence-corrected chi connectivity index (χ1v) is 10.3. The minimum atomic E-state index is 0.319. The van der Waals surface area contributed by atoms with Gasteiger partial charge < -0.3 is 14.2 Å². The van der Waals surface area contributed by atoms with E-state index in [4.69, 9.17) is 14.2 Å². The van der Waals surface area contributed by atoms with Crippen LogP contribution >= 0.6 is 11.3 Å². The van der Waals surface area contributed by atoms with Crippen molar-refractivity contribution in [3.63, 3.8) is 0 Å². The third-order valence-corrected chi connectivity index (χ3v) is 5.70. The molecule has 5 aromatic rings. The van der Waals surface area contributed by atoms with Gasteiger partial charge in [-0.1, -0.05) is 17.4 Å². The smallest absolute Gasteiger partial charge is 0.235 e. The van der Waals surface area contributed by atoms with Crippen molar-refractivity contribution in [2.24, 2.45) is 0 Å². The van der Waals surface area contributed by atoms with Crippen molar-refractivity contribution in [2.45, 2.75) is 13.5 Å². The molecule has 1 aromatic carbocycles. The molecule has 30 heavy (non-hydrogen) atoms. The van der Waals surface area contributed by atoms with E-state index in [9.17, 15) is 0 Å². The maximum Gasteiger partial charge on any atom is 0.235 e. The maximum absolute atomic E-state index is 5.91. The van der Waals surface area contributed by atoms with Gasteiger partial charge in [-0.3, -0.25) is 4.40 Å². The molecule has 0 radical (unpaired) electrons. The summed E-state index contributed by atoms with van der Waals surface area (Å²) in [6, 6.07) is 11.4. The first kappa shape index (κ1) is 17.2. The summed E-state index contributed by atoms with van der Waals surface area (Å²) in [5, 5.41) is 14.1. The van der Waals surface area contributed by atoms with Crippen LogP contribution in [0.25, 0.3) is 22.1 Å². The molecule has 0 bridgehead atoms. The summed E-state index contributed by atoms with van der Waals surface area (Å²) in [6.45, 7) is 3.38. The second-order valence-corrected chi connectivity index (χ2v) is 7.82. The van der Waals surface area contributed by atoms with Crippen molar-refractivity contribution in [3.05, 3.63) is 53.3 Å². The molecule has 1 aliphatic rings. The number of imidazole rings is 1. The number of rotatable bonds is 4. The molecule has 0 unspecified atom stereocenters. The Bertz CT molecular complexity index is 1390. The van der Waals surface area contributed by atoms with Crippen molar-refractivity contribution in [3.8, 4) is 28.8 Å². The van der Waals surface area contributed by atoms with Crippen LogP contribution in [0.4, 0.5) is 0 Å². The van der Waals surface area contributed by atoms with Gasteiger partial charge in [-0.25, -0.2) is 4.98 Å². The first-order chi connectivity index (χ1) is 14.8. The highest BCUT2D eigenvalue weighted by Gasteiger charge is 2.20. The van der Waals surface area contributed by atoms with Crippen molar-refractivity contribution in [2.75, 3.05) is 13.2 Å². The summed E-state index contributed by atoms with van der Waals surface area (Å²) in [5.41, 5.74) is 2.61. The highest BCUT2D eigenvalue weighted by atomic mass is 32.1. The van der Waals surface area contributed by atoms with E-state index < -0.39 is 0 Å². The zero-order chi connectivity index (χ0) is 20.1. The van der Waals surface area contributed by atoms with E-state index in [1.165, 1.54) is 11.3 Å².